The third kappa shape index (κ3) is 2.18. The van der Waals surface area contributed by atoms with Crippen LogP contribution in [0.3, 0.4) is 0 Å². The van der Waals surface area contributed by atoms with Gasteiger partial charge < -0.3 is 5.73 Å². The maximum Gasteiger partial charge on any atom is 0.191 e. The van der Waals surface area contributed by atoms with Crippen LogP contribution in [-0.4, -0.2) is 24.0 Å². The summed E-state index contributed by atoms with van der Waals surface area (Å²) in [5.74, 6) is -1.92. The molecule has 1 unspecified atom stereocenters. The second kappa shape index (κ2) is 6.35. The van der Waals surface area contributed by atoms with Crippen LogP contribution in [0.2, 0.25) is 5.02 Å². The Morgan fingerprint density at radius 1 is 1.25 bits per heavy atom. The van der Waals surface area contributed by atoms with Crippen molar-refractivity contribution in [2.45, 2.75) is 30.8 Å². The molecule has 2 heterocycles. The predicted octanol–water partition coefficient (Wildman–Crippen LogP) is 3.37. The summed E-state index contributed by atoms with van der Waals surface area (Å²) in [6, 6.07) is 10.6. The normalized spacial score (nSPS) is 30.6. The van der Waals surface area contributed by atoms with Crippen molar-refractivity contribution in [3.05, 3.63) is 57.5 Å². The fraction of sp³-hybridized carbons (Fsp3) is 0.381. The molecule has 1 aromatic rings. The summed E-state index contributed by atoms with van der Waals surface area (Å²) in [5.41, 5.74) is 5.25. The quantitative estimate of drug-likeness (QED) is 0.788. The van der Waals surface area contributed by atoms with Gasteiger partial charge in [0.1, 0.15) is 11.9 Å². The zero-order valence-corrected chi connectivity index (χ0v) is 15.9. The number of hydrogen-bond acceptors (Lipinski definition) is 5. The Morgan fingerprint density at radius 2 is 1.96 bits per heavy atom. The van der Waals surface area contributed by atoms with Crippen molar-refractivity contribution < 1.29 is 4.39 Å². The van der Waals surface area contributed by atoms with Crippen LogP contribution in [0.4, 0.5) is 4.39 Å². The molecule has 1 aliphatic carbocycles. The molecule has 1 saturated heterocycles. The lowest BCUT2D eigenvalue weighted by molar-refractivity contribution is 0.159. The smallest absolute Gasteiger partial charge is 0.191 e. The summed E-state index contributed by atoms with van der Waals surface area (Å²) < 4.78 is 15.0. The van der Waals surface area contributed by atoms with Crippen LogP contribution in [0.25, 0.3) is 0 Å². The van der Waals surface area contributed by atoms with Gasteiger partial charge in [0.05, 0.1) is 23.4 Å². The molecule has 7 heteroatoms. The molecule has 1 fully saturated rings. The van der Waals surface area contributed by atoms with E-state index in [1.165, 1.54) is 12.1 Å². The molecular formula is C21H17ClFN5. The first-order valence-corrected chi connectivity index (χ1v) is 9.39. The number of nitrogens with zero attached hydrogens (tertiary/aromatic N) is 4. The van der Waals surface area contributed by atoms with Crippen molar-refractivity contribution in [3.8, 4) is 18.2 Å². The van der Waals surface area contributed by atoms with E-state index in [1.54, 1.807) is 6.07 Å². The van der Waals surface area contributed by atoms with Crippen molar-refractivity contribution in [2.24, 2.45) is 17.1 Å². The van der Waals surface area contributed by atoms with E-state index in [0.29, 0.717) is 5.57 Å². The third-order valence-corrected chi connectivity index (χ3v) is 6.86. The molecule has 0 amide bonds. The Bertz CT molecular complexity index is 1020. The van der Waals surface area contributed by atoms with Gasteiger partial charge in [-0.1, -0.05) is 23.7 Å². The zero-order valence-electron chi connectivity index (χ0n) is 15.2. The largest absolute Gasteiger partial charge is 0.399 e. The SMILES string of the molecule is CN1C2C=C3C(C#N)=C(N)C(C#N)(C#N)[C@@H](c4c(F)cccc4Cl)[C@H]3[C@@H]1CC2. The molecule has 4 rings (SSSR count). The minimum Gasteiger partial charge on any atom is -0.399 e. The van der Waals surface area contributed by atoms with E-state index >= 15 is 0 Å². The first-order valence-electron chi connectivity index (χ1n) is 9.02. The highest BCUT2D eigenvalue weighted by atomic mass is 35.5. The van der Waals surface area contributed by atoms with Crippen LogP contribution < -0.4 is 5.73 Å². The fourth-order valence-corrected chi connectivity index (χ4v) is 5.49. The van der Waals surface area contributed by atoms with E-state index in [9.17, 15) is 20.2 Å². The van der Waals surface area contributed by atoms with Crippen LogP contribution in [-0.2, 0) is 0 Å². The number of nitrogens with two attached hydrogens (primary N) is 1. The van der Waals surface area contributed by atoms with E-state index in [-0.39, 0.29) is 33.9 Å². The number of hydrogen-bond donors (Lipinski definition) is 1. The van der Waals surface area contributed by atoms with Gasteiger partial charge in [0, 0.05) is 34.5 Å². The van der Waals surface area contributed by atoms with Crippen LogP contribution in [0.15, 0.2) is 41.1 Å². The first-order chi connectivity index (χ1) is 13.4. The number of rotatable bonds is 1. The Kier molecular flexibility index (Phi) is 4.20. The van der Waals surface area contributed by atoms with Crippen molar-refractivity contribution in [1.29, 1.82) is 15.8 Å². The summed E-state index contributed by atoms with van der Waals surface area (Å²) in [4.78, 5) is 2.17. The molecule has 1 aromatic carbocycles. The van der Waals surface area contributed by atoms with Crippen LogP contribution in [0.1, 0.15) is 24.3 Å². The lowest BCUT2D eigenvalue weighted by Gasteiger charge is -2.48. The van der Waals surface area contributed by atoms with Crippen molar-refractivity contribution in [2.75, 3.05) is 7.05 Å². The van der Waals surface area contributed by atoms with Gasteiger partial charge in [-0.15, -0.1) is 0 Å². The average molecular weight is 394 g/mol. The highest BCUT2D eigenvalue weighted by Gasteiger charge is 2.59. The molecule has 2 N–H and O–H groups in total. The molecule has 2 aliphatic heterocycles. The lowest BCUT2D eigenvalue weighted by atomic mass is 9.56. The maximum atomic E-state index is 15.0. The molecular weight excluding hydrogens is 377 g/mol. The van der Waals surface area contributed by atoms with E-state index in [0.717, 1.165) is 12.8 Å². The monoisotopic (exact) mass is 393 g/mol. The Labute approximate surface area is 167 Å². The minimum absolute atomic E-state index is 0.0387. The van der Waals surface area contributed by atoms with Crippen molar-refractivity contribution in [1.82, 2.24) is 4.90 Å². The van der Waals surface area contributed by atoms with Gasteiger partial charge in [0.2, 0.25) is 0 Å². The Balaban J connectivity index is 2.11. The first kappa shape index (κ1) is 18.5. The van der Waals surface area contributed by atoms with Gasteiger partial charge in [-0.3, -0.25) is 4.90 Å². The van der Waals surface area contributed by atoms with Gasteiger partial charge >= 0.3 is 0 Å². The van der Waals surface area contributed by atoms with Gasteiger partial charge in [-0.05, 0) is 37.6 Å². The number of nitriles is 3. The van der Waals surface area contributed by atoms with E-state index in [2.05, 4.69) is 11.0 Å². The molecule has 0 spiro atoms. The third-order valence-electron chi connectivity index (χ3n) is 6.53. The van der Waals surface area contributed by atoms with E-state index in [4.69, 9.17) is 17.3 Å². The average Bonchev–Trinajstić information content (AvgIpc) is 2.91. The van der Waals surface area contributed by atoms with Gasteiger partial charge in [-0.25, -0.2) is 4.39 Å². The Morgan fingerprint density at radius 3 is 2.57 bits per heavy atom. The van der Waals surface area contributed by atoms with E-state index in [1.807, 2.05) is 25.3 Å². The second-order valence-electron chi connectivity index (χ2n) is 7.57. The summed E-state index contributed by atoms with van der Waals surface area (Å²) in [7, 11) is 1.98. The maximum absolute atomic E-state index is 15.0. The van der Waals surface area contributed by atoms with Gasteiger partial charge in [-0.2, -0.15) is 15.8 Å². The molecule has 0 aromatic heterocycles. The topological polar surface area (TPSA) is 101 Å². The molecule has 3 aliphatic rings. The zero-order chi connectivity index (χ0) is 20.2. The van der Waals surface area contributed by atoms with Crippen molar-refractivity contribution in [3.63, 3.8) is 0 Å². The molecule has 0 saturated carbocycles. The van der Waals surface area contributed by atoms with Gasteiger partial charge in [0.25, 0.3) is 0 Å². The number of fused-ring (bicyclic) bond motifs is 4. The standard InChI is InChI=1S/C21H17ClFN5/c1-28-11-5-6-16(28)17-12(7-11)13(8-24)20(27)21(9-25,10-26)19(17)18-14(22)3-2-4-15(18)23/h2-4,7,11,16-17,19H,5-6,27H2,1H3/t11?,16-,17+,19+/m0/s1. The van der Waals surface area contributed by atoms with E-state index < -0.39 is 23.1 Å². The number of allylic oxidation sites excluding steroid dienone is 2. The van der Waals surface area contributed by atoms with Crippen molar-refractivity contribution >= 4 is 11.6 Å². The fourth-order valence-electron chi connectivity index (χ4n) is 5.21. The number of halogens is 2. The summed E-state index contributed by atoms with van der Waals surface area (Å²) in [5, 5.41) is 30.1. The van der Waals surface area contributed by atoms with Crippen LogP contribution in [0.5, 0.6) is 0 Å². The molecule has 28 heavy (non-hydrogen) atoms. The number of benzene rings is 1. The second-order valence-corrected chi connectivity index (χ2v) is 7.98. The predicted molar refractivity (Wildman–Crippen MR) is 101 cm³/mol. The van der Waals surface area contributed by atoms with Crippen LogP contribution >= 0.6 is 11.6 Å². The Hall–Kier alpha value is -2.85. The molecule has 2 bridgehead atoms. The minimum atomic E-state index is -1.88. The van der Waals surface area contributed by atoms with Crippen LogP contribution in [0, 0.1) is 51.1 Å². The summed E-state index contributed by atoms with van der Waals surface area (Å²) in [6.07, 6.45) is 3.70. The molecule has 140 valence electrons. The highest BCUT2D eigenvalue weighted by molar-refractivity contribution is 6.31. The molecule has 5 nitrogen and oxygen atoms in total. The van der Waals surface area contributed by atoms with Gasteiger partial charge in [0.15, 0.2) is 5.41 Å². The summed E-state index contributed by atoms with van der Waals surface area (Å²) in [6.45, 7) is 0. The summed E-state index contributed by atoms with van der Waals surface area (Å²) >= 11 is 6.38. The number of likely N-dealkylation sites (N-methyl/N-ethyl adjacent to an activating group) is 1. The molecule has 0 radical (unpaired) electrons. The molecule has 4 atom stereocenters. The lowest BCUT2D eigenvalue weighted by Crippen LogP contribution is -2.51. The highest BCUT2D eigenvalue weighted by Crippen LogP contribution is 2.59.